The Morgan fingerprint density at radius 3 is 2.48 bits per heavy atom. The van der Waals surface area contributed by atoms with Crippen LogP contribution in [0.1, 0.15) is 17.7 Å². The molecular formula is C20H14BrF2N3O2S. The van der Waals surface area contributed by atoms with Gasteiger partial charge in [0.15, 0.2) is 5.65 Å². The fraction of sp³-hybridized carbons (Fsp3) is 0.100. The average molecular weight is 478 g/mol. The third-order valence-corrected chi connectivity index (χ3v) is 6.57. The average Bonchev–Trinajstić information content (AvgIpc) is 3.08. The van der Waals surface area contributed by atoms with E-state index in [9.17, 15) is 17.2 Å². The lowest BCUT2D eigenvalue weighted by Gasteiger charge is -2.07. The van der Waals surface area contributed by atoms with Crippen molar-refractivity contribution in [3.05, 3.63) is 76.8 Å². The van der Waals surface area contributed by atoms with Gasteiger partial charge >= 0.3 is 0 Å². The number of hydrogen-bond acceptors (Lipinski definition) is 4. The van der Waals surface area contributed by atoms with E-state index in [0.717, 1.165) is 9.54 Å². The highest BCUT2D eigenvalue weighted by molar-refractivity contribution is 9.10. The molecule has 0 atom stereocenters. The number of pyridine rings is 2. The van der Waals surface area contributed by atoms with Crippen molar-refractivity contribution in [1.29, 1.82) is 0 Å². The number of fused-ring (bicyclic) bond motifs is 1. The minimum Gasteiger partial charge on any atom is -0.255 e. The molecule has 4 rings (SSSR count). The van der Waals surface area contributed by atoms with Gasteiger partial charge in [0.25, 0.3) is 16.4 Å². The second kappa shape index (κ2) is 7.31. The first-order valence-corrected chi connectivity index (χ1v) is 10.7. The molecule has 0 spiro atoms. The van der Waals surface area contributed by atoms with Crippen LogP contribution < -0.4 is 0 Å². The second-order valence-electron chi connectivity index (χ2n) is 6.45. The smallest absolute Gasteiger partial charge is 0.255 e. The lowest BCUT2D eigenvalue weighted by Crippen LogP contribution is -2.12. The van der Waals surface area contributed by atoms with Crippen LogP contribution in [0.3, 0.4) is 0 Å². The van der Waals surface area contributed by atoms with Crippen molar-refractivity contribution in [3.8, 4) is 11.1 Å². The van der Waals surface area contributed by atoms with Crippen molar-refractivity contribution < 1.29 is 17.2 Å². The molecule has 0 bridgehead atoms. The summed E-state index contributed by atoms with van der Waals surface area (Å²) < 4.78 is 54.4. The standard InChI is InChI=1S/C20H14BrF2N3O2S/c1-12-2-4-15(5-3-12)29(27,28)26-11-17(16-9-14(21)10-25-20(16)26)13-6-7-24-18(8-13)19(22)23/h2-11,19H,1H3. The van der Waals surface area contributed by atoms with Gasteiger partial charge in [-0.25, -0.2) is 26.2 Å². The van der Waals surface area contributed by atoms with Crippen LogP contribution in [0, 0.1) is 6.92 Å². The summed E-state index contributed by atoms with van der Waals surface area (Å²) in [5.74, 6) is 0. The van der Waals surface area contributed by atoms with Crippen molar-refractivity contribution in [2.75, 3.05) is 0 Å². The quantitative estimate of drug-likeness (QED) is 0.397. The molecule has 29 heavy (non-hydrogen) atoms. The van der Waals surface area contributed by atoms with Crippen LogP contribution in [-0.4, -0.2) is 22.4 Å². The van der Waals surface area contributed by atoms with Gasteiger partial charge in [0, 0.05) is 34.0 Å². The summed E-state index contributed by atoms with van der Waals surface area (Å²) in [4.78, 5) is 8.05. The first-order valence-electron chi connectivity index (χ1n) is 8.50. The molecule has 0 saturated carbocycles. The number of benzene rings is 1. The molecule has 0 N–H and O–H groups in total. The van der Waals surface area contributed by atoms with Gasteiger partial charge in [-0.15, -0.1) is 0 Å². The maximum atomic E-state index is 13.2. The first-order chi connectivity index (χ1) is 13.8. The number of alkyl halides is 2. The topological polar surface area (TPSA) is 64.8 Å². The first kappa shape index (κ1) is 19.7. The Kier molecular flexibility index (Phi) is 4.95. The summed E-state index contributed by atoms with van der Waals surface area (Å²) in [6.45, 7) is 1.86. The van der Waals surface area contributed by atoms with Gasteiger partial charge in [0.2, 0.25) is 0 Å². The predicted molar refractivity (Wildman–Crippen MR) is 109 cm³/mol. The zero-order valence-electron chi connectivity index (χ0n) is 15.1. The predicted octanol–water partition coefficient (Wildman–Crippen LogP) is 5.34. The number of hydrogen-bond donors (Lipinski definition) is 0. The van der Waals surface area contributed by atoms with Crippen LogP contribution in [0.15, 0.2) is 70.4 Å². The highest BCUT2D eigenvalue weighted by Gasteiger charge is 2.23. The zero-order chi connectivity index (χ0) is 20.8. The SMILES string of the molecule is Cc1ccc(S(=O)(=O)n2cc(-c3ccnc(C(F)F)c3)c3cc(Br)cnc32)cc1. The van der Waals surface area contributed by atoms with Crippen molar-refractivity contribution in [3.63, 3.8) is 0 Å². The number of halogens is 3. The summed E-state index contributed by atoms with van der Waals surface area (Å²) in [7, 11) is -3.93. The number of aromatic nitrogens is 3. The molecular weight excluding hydrogens is 464 g/mol. The Morgan fingerprint density at radius 1 is 1.07 bits per heavy atom. The molecule has 148 valence electrons. The minimum absolute atomic E-state index is 0.110. The molecule has 0 radical (unpaired) electrons. The molecule has 0 aliphatic rings. The van der Waals surface area contributed by atoms with Crippen LogP contribution in [0.25, 0.3) is 22.2 Å². The summed E-state index contributed by atoms with van der Waals surface area (Å²) in [5.41, 5.74) is 1.65. The van der Waals surface area contributed by atoms with Gasteiger partial charge in [-0.2, -0.15) is 0 Å². The molecule has 1 aromatic carbocycles. The zero-order valence-corrected chi connectivity index (χ0v) is 17.5. The van der Waals surface area contributed by atoms with E-state index >= 15 is 0 Å². The van der Waals surface area contributed by atoms with Crippen molar-refractivity contribution in [2.45, 2.75) is 18.2 Å². The maximum absolute atomic E-state index is 13.2. The molecule has 0 amide bonds. The molecule has 3 aromatic heterocycles. The summed E-state index contributed by atoms with van der Waals surface area (Å²) in [6, 6.07) is 11.0. The van der Waals surface area contributed by atoms with Gasteiger partial charge in [0.1, 0.15) is 5.69 Å². The van der Waals surface area contributed by atoms with Crippen LogP contribution in [-0.2, 0) is 10.0 Å². The maximum Gasteiger partial charge on any atom is 0.280 e. The number of rotatable bonds is 4. The Hall–Kier alpha value is -2.65. The largest absolute Gasteiger partial charge is 0.280 e. The van der Waals surface area contributed by atoms with E-state index in [-0.39, 0.29) is 16.2 Å². The van der Waals surface area contributed by atoms with Crippen molar-refractivity contribution in [2.24, 2.45) is 0 Å². The molecule has 0 unspecified atom stereocenters. The van der Waals surface area contributed by atoms with Crippen LogP contribution in [0.4, 0.5) is 8.78 Å². The van der Waals surface area contributed by atoms with Gasteiger partial charge in [-0.05, 0) is 58.7 Å². The van der Waals surface area contributed by atoms with E-state index in [0.29, 0.717) is 21.0 Å². The normalized spacial score (nSPS) is 12.0. The molecule has 0 aliphatic heterocycles. The van der Waals surface area contributed by atoms with E-state index in [4.69, 9.17) is 0 Å². The van der Waals surface area contributed by atoms with E-state index in [2.05, 4.69) is 25.9 Å². The van der Waals surface area contributed by atoms with E-state index in [1.54, 1.807) is 24.3 Å². The molecule has 9 heteroatoms. The van der Waals surface area contributed by atoms with E-state index in [1.807, 2.05) is 6.92 Å². The Balaban J connectivity index is 1.98. The summed E-state index contributed by atoms with van der Waals surface area (Å²) in [6.07, 6.45) is 1.44. The van der Waals surface area contributed by atoms with Gasteiger partial charge in [0.05, 0.1) is 4.90 Å². The van der Waals surface area contributed by atoms with Gasteiger partial charge in [-0.1, -0.05) is 17.7 Å². The van der Waals surface area contributed by atoms with E-state index in [1.165, 1.54) is 36.8 Å². The van der Waals surface area contributed by atoms with Crippen LogP contribution in [0.2, 0.25) is 0 Å². The molecule has 3 heterocycles. The fourth-order valence-electron chi connectivity index (χ4n) is 3.03. The molecule has 0 aliphatic carbocycles. The Labute approximate surface area is 174 Å². The highest BCUT2D eigenvalue weighted by atomic mass is 79.9. The Morgan fingerprint density at radius 2 is 1.79 bits per heavy atom. The molecule has 5 nitrogen and oxygen atoms in total. The van der Waals surface area contributed by atoms with Gasteiger partial charge < -0.3 is 0 Å². The van der Waals surface area contributed by atoms with Crippen LogP contribution in [0.5, 0.6) is 0 Å². The van der Waals surface area contributed by atoms with Gasteiger partial charge in [-0.3, -0.25) is 4.98 Å². The lowest BCUT2D eigenvalue weighted by atomic mass is 10.1. The summed E-state index contributed by atoms with van der Waals surface area (Å²) >= 11 is 3.34. The van der Waals surface area contributed by atoms with E-state index < -0.39 is 16.4 Å². The second-order valence-corrected chi connectivity index (χ2v) is 9.18. The Bertz CT molecular complexity index is 1320. The van der Waals surface area contributed by atoms with Crippen molar-refractivity contribution >= 4 is 37.0 Å². The monoisotopic (exact) mass is 477 g/mol. The molecule has 0 fully saturated rings. The van der Waals surface area contributed by atoms with Crippen LogP contribution >= 0.6 is 15.9 Å². The molecule has 0 saturated heterocycles. The molecule has 4 aromatic rings. The minimum atomic E-state index is -3.93. The fourth-order valence-corrected chi connectivity index (χ4v) is 4.68. The lowest BCUT2D eigenvalue weighted by molar-refractivity contribution is 0.146. The highest BCUT2D eigenvalue weighted by Crippen LogP contribution is 2.34. The summed E-state index contributed by atoms with van der Waals surface area (Å²) in [5, 5.41) is 0.515. The number of nitrogens with zero attached hydrogens (tertiary/aromatic N) is 3. The third-order valence-electron chi connectivity index (χ3n) is 4.47. The third kappa shape index (κ3) is 3.56. The van der Waals surface area contributed by atoms with Crippen molar-refractivity contribution in [1.82, 2.24) is 13.9 Å². The number of aryl methyl sites for hydroxylation is 1.